The molecule has 110 valence electrons. The van der Waals surface area contributed by atoms with Gasteiger partial charge in [-0.25, -0.2) is 0 Å². The van der Waals surface area contributed by atoms with Crippen molar-refractivity contribution in [1.29, 1.82) is 0 Å². The molecule has 0 bridgehead atoms. The first-order chi connectivity index (χ1) is 9.45. The zero-order valence-electron chi connectivity index (χ0n) is 12.1. The fourth-order valence-corrected chi connectivity index (χ4v) is 1.99. The van der Waals surface area contributed by atoms with Crippen LogP contribution in [0.25, 0.3) is 0 Å². The zero-order chi connectivity index (χ0) is 15.1. The number of carbonyl (C=O) groups excluding carboxylic acids is 1. The topological polar surface area (TPSA) is 67.6 Å². The van der Waals surface area contributed by atoms with E-state index in [1.165, 1.54) is 0 Å². The van der Waals surface area contributed by atoms with Gasteiger partial charge in [0.15, 0.2) is 0 Å². The summed E-state index contributed by atoms with van der Waals surface area (Å²) in [5, 5.41) is 2.77. The number of methoxy groups -OCH3 is 1. The van der Waals surface area contributed by atoms with Crippen LogP contribution in [-0.4, -0.2) is 44.7 Å². The lowest BCUT2D eigenvalue weighted by Gasteiger charge is -2.22. The second-order valence-corrected chi connectivity index (χ2v) is 5.02. The Labute approximate surface area is 125 Å². The van der Waals surface area contributed by atoms with E-state index in [-0.39, 0.29) is 12.5 Å². The first-order valence-electron chi connectivity index (χ1n) is 6.33. The van der Waals surface area contributed by atoms with E-state index in [0.29, 0.717) is 18.1 Å². The van der Waals surface area contributed by atoms with Gasteiger partial charge in [0.1, 0.15) is 4.99 Å². The lowest BCUT2D eigenvalue weighted by atomic mass is 10.1. The summed E-state index contributed by atoms with van der Waals surface area (Å²) < 4.78 is 4.88. The largest absolute Gasteiger partial charge is 0.389 e. The van der Waals surface area contributed by atoms with Gasteiger partial charge in [0.05, 0.1) is 13.2 Å². The average molecular weight is 295 g/mol. The number of nitrogens with two attached hydrogens (primary N) is 1. The van der Waals surface area contributed by atoms with Crippen molar-refractivity contribution in [2.24, 2.45) is 5.73 Å². The molecule has 1 rings (SSSR count). The Balaban J connectivity index is 2.74. The molecule has 0 unspecified atom stereocenters. The van der Waals surface area contributed by atoms with Crippen LogP contribution in [0.5, 0.6) is 0 Å². The lowest BCUT2D eigenvalue weighted by Crippen LogP contribution is -2.37. The van der Waals surface area contributed by atoms with Crippen LogP contribution in [0.15, 0.2) is 18.2 Å². The Kier molecular flexibility index (Phi) is 6.41. The number of benzene rings is 1. The van der Waals surface area contributed by atoms with E-state index in [9.17, 15) is 4.79 Å². The Bertz CT molecular complexity index is 491. The van der Waals surface area contributed by atoms with Crippen LogP contribution >= 0.6 is 12.2 Å². The number of anilines is 1. The number of likely N-dealkylation sites (N-methyl/N-ethyl adjacent to an activating group) is 1. The van der Waals surface area contributed by atoms with Crippen LogP contribution in [0, 0.1) is 6.92 Å². The Morgan fingerprint density at radius 1 is 1.50 bits per heavy atom. The SMILES string of the molecule is COCCNC(=O)CN(C)c1ccc(C)cc1C(N)=S. The lowest BCUT2D eigenvalue weighted by molar-refractivity contribution is -0.119. The molecule has 0 spiro atoms. The number of amides is 1. The molecule has 0 aliphatic rings. The van der Waals surface area contributed by atoms with Crippen molar-refractivity contribution in [3.8, 4) is 0 Å². The van der Waals surface area contributed by atoms with E-state index in [1.807, 2.05) is 37.1 Å². The van der Waals surface area contributed by atoms with E-state index in [4.69, 9.17) is 22.7 Å². The first kappa shape index (κ1) is 16.4. The maximum Gasteiger partial charge on any atom is 0.239 e. The standard InChI is InChI=1S/C14H21N3O2S/c1-10-4-5-12(11(8-10)14(15)20)17(2)9-13(18)16-6-7-19-3/h4-5,8H,6-7,9H2,1-3H3,(H2,15,20)(H,16,18). The third kappa shape index (κ3) is 4.79. The van der Waals surface area contributed by atoms with Gasteiger partial charge in [0.2, 0.25) is 5.91 Å². The van der Waals surface area contributed by atoms with Crippen LogP contribution in [-0.2, 0) is 9.53 Å². The number of thiocarbonyl (C=S) groups is 1. The van der Waals surface area contributed by atoms with Gasteiger partial charge >= 0.3 is 0 Å². The van der Waals surface area contributed by atoms with Crippen molar-refractivity contribution >= 4 is 28.8 Å². The molecule has 0 aliphatic carbocycles. The summed E-state index contributed by atoms with van der Waals surface area (Å²) in [5.41, 5.74) is 8.45. The van der Waals surface area contributed by atoms with Crippen molar-refractivity contribution < 1.29 is 9.53 Å². The van der Waals surface area contributed by atoms with Gasteiger partial charge in [0.25, 0.3) is 0 Å². The Hall–Kier alpha value is -1.66. The second kappa shape index (κ2) is 7.81. The van der Waals surface area contributed by atoms with Crippen molar-refractivity contribution in [3.05, 3.63) is 29.3 Å². The molecule has 1 amide bonds. The molecule has 0 saturated carbocycles. The molecule has 0 aliphatic heterocycles. The third-order valence-electron chi connectivity index (χ3n) is 2.84. The summed E-state index contributed by atoms with van der Waals surface area (Å²) in [6.45, 7) is 3.21. The monoisotopic (exact) mass is 295 g/mol. The minimum absolute atomic E-state index is 0.0704. The molecule has 0 atom stereocenters. The summed E-state index contributed by atoms with van der Waals surface area (Å²) >= 11 is 5.06. The predicted octanol–water partition coefficient (Wildman–Crippen LogP) is 0.828. The molecule has 6 heteroatoms. The van der Waals surface area contributed by atoms with Gasteiger partial charge in [-0.05, 0) is 19.1 Å². The highest BCUT2D eigenvalue weighted by Crippen LogP contribution is 2.20. The van der Waals surface area contributed by atoms with Crippen molar-refractivity contribution in [2.75, 3.05) is 38.8 Å². The van der Waals surface area contributed by atoms with E-state index in [2.05, 4.69) is 5.32 Å². The fourth-order valence-electron chi connectivity index (χ4n) is 1.83. The number of hydrogen-bond acceptors (Lipinski definition) is 4. The van der Waals surface area contributed by atoms with Crippen LogP contribution in [0.4, 0.5) is 5.69 Å². The molecule has 0 fully saturated rings. The summed E-state index contributed by atoms with van der Waals surface area (Å²) in [6.07, 6.45) is 0. The van der Waals surface area contributed by atoms with Gasteiger partial charge in [-0.15, -0.1) is 0 Å². The molecule has 1 aromatic rings. The number of carbonyl (C=O) groups is 1. The summed E-state index contributed by atoms with van der Waals surface area (Å²) in [5.74, 6) is -0.0704. The predicted molar refractivity (Wildman–Crippen MR) is 85.2 cm³/mol. The minimum Gasteiger partial charge on any atom is -0.389 e. The first-order valence-corrected chi connectivity index (χ1v) is 6.73. The van der Waals surface area contributed by atoms with Gasteiger partial charge in [0, 0.05) is 32.0 Å². The summed E-state index contributed by atoms with van der Waals surface area (Å²) in [6, 6.07) is 5.82. The number of ether oxygens (including phenoxy) is 1. The van der Waals surface area contributed by atoms with E-state index in [1.54, 1.807) is 7.11 Å². The highest BCUT2D eigenvalue weighted by Gasteiger charge is 2.12. The van der Waals surface area contributed by atoms with E-state index in [0.717, 1.165) is 16.8 Å². The van der Waals surface area contributed by atoms with Gasteiger partial charge < -0.3 is 20.7 Å². The molecular formula is C14H21N3O2S. The number of rotatable bonds is 7. The quantitative estimate of drug-likeness (QED) is 0.576. The van der Waals surface area contributed by atoms with Gasteiger partial charge in [-0.2, -0.15) is 0 Å². The number of nitrogens with one attached hydrogen (secondary N) is 1. The molecule has 1 aromatic carbocycles. The Morgan fingerprint density at radius 3 is 2.80 bits per heavy atom. The Morgan fingerprint density at radius 2 is 2.20 bits per heavy atom. The third-order valence-corrected chi connectivity index (χ3v) is 3.06. The van der Waals surface area contributed by atoms with Crippen LogP contribution in [0.2, 0.25) is 0 Å². The smallest absolute Gasteiger partial charge is 0.239 e. The molecule has 0 saturated heterocycles. The highest BCUT2D eigenvalue weighted by molar-refractivity contribution is 7.80. The number of hydrogen-bond donors (Lipinski definition) is 2. The normalized spacial score (nSPS) is 10.2. The molecule has 0 radical (unpaired) electrons. The molecule has 0 heterocycles. The maximum absolute atomic E-state index is 11.8. The number of aryl methyl sites for hydroxylation is 1. The van der Waals surface area contributed by atoms with E-state index >= 15 is 0 Å². The zero-order valence-corrected chi connectivity index (χ0v) is 12.9. The van der Waals surface area contributed by atoms with Crippen molar-refractivity contribution in [1.82, 2.24) is 5.32 Å². The second-order valence-electron chi connectivity index (χ2n) is 4.58. The van der Waals surface area contributed by atoms with E-state index < -0.39 is 0 Å². The van der Waals surface area contributed by atoms with Gasteiger partial charge in [-0.3, -0.25) is 4.79 Å². The van der Waals surface area contributed by atoms with Gasteiger partial charge in [-0.1, -0.05) is 23.8 Å². The van der Waals surface area contributed by atoms with Crippen LogP contribution < -0.4 is 16.0 Å². The fraction of sp³-hybridized carbons (Fsp3) is 0.429. The van der Waals surface area contributed by atoms with Crippen molar-refractivity contribution in [2.45, 2.75) is 6.92 Å². The number of nitrogens with zero attached hydrogens (tertiary/aromatic N) is 1. The van der Waals surface area contributed by atoms with Crippen molar-refractivity contribution in [3.63, 3.8) is 0 Å². The maximum atomic E-state index is 11.8. The van der Waals surface area contributed by atoms with Crippen LogP contribution in [0.1, 0.15) is 11.1 Å². The molecule has 3 N–H and O–H groups in total. The average Bonchev–Trinajstić information content (AvgIpc) is 2.38. The molecule has 5 nitrogen and oxygen atoms in total. The summed E-state index contributed by atoms with van der Waals surface area (Å²) in [7, 11) is 3.43. The molecule has 20 heavy (non-hydrogen) atoms. The molecular weight excluding hydrogens is 274 g/mol. The van der Waals surface area contributed by atoms with Crippen LogP contribution in [0.3, 0.4) is 0 Å². The highest BCUT2D eigenvalue weighted by atomic mass is 32.1. The summed E-state index contributed by atoms with van der Waals surface area (Å²) in [4.78, 5) is 13.9. The molecule has 0 aromatic heterocycles. The minimum atomic E-state index is -0.0704.